The fourth-order valence-electron chi connectivity index (χ4n) is 2.37. The largest absolute Gasteiger partial charge is 0.294 e. The Morgan fingerprint density at radius 1 is 1.14 bits per heavy atom. The topological polar surface area (TPSA) is 44.1 Å². The zero-order valence-corrected chi connectivity index (χ0v) is 11.8. The lowest BCUT2D eigenvalue weighted by atomic mass is 9.96. The first-order valence-electron chi connectivity index (χ1n) is 6.45. The van der Waals surface area contributed by atoms with Crippen LogP contribution in [-0.2, 0) is 0 Å². The van der Waals surface area contributed by atoms with Gasteiger partial charge in [0.2, 0.25) is 0 Å². The molecule has 0 aliphatic carbocycles. The first kappa shape index (κ1) is 13.4. The van der Waals surface area contributed by atoms with Crippen molar-refractivity contribution < 1.29 is 4.79 Å². The molecule has 0 unspecified atom stereocenters. The summed E-state index contributed by atoms with van der Waals surface area (Å²) < 4.78 is 0. The van der Waals surface area contributed by atoms with Crippen molar-refractivity contribution >= 4 is 23.6 Å². The Bertz CT molecular complexity index is 759. The van der Waals surface area contributed by atoms with Gasteiger partial charge in [-0.25, -0.2) is 0 Å². The molecule has 21 heavy (non-hydrogen) atoms. The van der Waals surface area contributed by atoms with Crippen molar-refractivity contribution in [2.45, 2.75) is 6.04 Å². The summed E-state index contributed by atoms with van der Waals surface area (Å²) in [4.78, 5) is 14.0. The second-order valence-electron chi connectivity index (χ2n) is 4.70. The molecule has 1 aliphatic heterocycles. The Balaban J connectivity index is 1.98. The third-order valence-electron chi connectivity index (χ3n) is 3.43. The first-order valence-corrected chi connectivity index (χ1v) is 6.83. The smallest absolute Gasteiger partial charge is 0.259 e. The lowest BCUT2D eigenvalue weighted by Crippen LogP contribution is -2.31. The molecule has 1 atom stereocenters. The average Bonchev–Trinajstić information content (AvgIpc) is 2.53. The summed E-state index contributed by atoms with van der Waals surface area (Å²) in [6.45, 7) is 0. The number of benzene rings is 2. The molecular weight excluding hydrogens is 284 g/mol. The number of amides is 1. The molecule has 1 aliphatic rings. The lowest BCUT2D eigenvalue weighted by Gasteiger charge is -2.28. The van der Waals surface area contributed by atoms with Crippen molar-refractivity contribution in [2.75, 3.05) is 0 Å². The van der Waals surface area contributed by atoms with Gasteiger partial charge in [0.15, 0.2) is 0 Å². The summed E-state index contributed by atoms with van der Waals surface area (Å²) >= 11 is 5.83. The van der Waals surface area contributed by atoms with Crippen molar-refractivity contribution in [3.8, 4) is 6.07 Å². The molecule has 0 saturated carbocycles. The fourth-order valence-corrected chi connectivity index (χ4v) is 2.49. The van der Waals surface area contributed by atoms with Gasteiger partial charge in [-0.1, -0.05) is 35.9 Å². The van der Waals surface area contributed by atoms with Crippen molar-refractivity contribution in [1.82, 2.24) is 4.90 Å². The van der Waals surface area contributed by atoms with E-state index in [9.17, 15) is 10.1 Å². The van der Waals surface area contributed by atoms with Crippen LogP contribution in [0.3, 0.4) is 0 Å². The second-order valence-corrected chi connectivity index (χ2v) is 5.13. The quantitative estimate of drug-likeness (QED) is 0.797. The van der Waals surface area contributed by atoms with Gasteiger partial charge in [0.05, 0.1) is 6.07 Å². The highest BCUT2D eigenvalue weighted by Crippen LogP contribution is 2.30. The van der Waals surface area contributed by atoms with Crippen molar-refractivity contribution in [3.63, 3.8) is 0 Å². The summed E-state index contributed by atoms with van der Waals surface area (Å²) in [5, 5.41) is 10.0. The van der Waals surface area contributed by atoms with E-state index >= 15 is 0 Å². The van der Waals surface area contributed by atoms with Gasteiger partial charge in [0.1, 0.15) is 6.04 Å². The number of carbonyl (C=O) groups excluding carboxylic acids is 1. The van der Waals surface area contributed by atoms with Gasteiger partial charge in [0.25, 0.3) is 5.91 Å². The third-order valence-corrected chi connectivity index (χ3v) is 3.68. The minimum atomic E-state index is -0.616. The van der Waals surface area contributed by atoms with E-state index in [1.165, 1.54) is 4.90 Å². The molecule has 0 aromatic heterocycles. The van der Waals surface area contributed by atoms with Crippen molar-refractivity contribution in [3.05, 3.63) is 76.4 Å². The molecule has 0 bridgehead atoms. The monoisotopic (exact) mass is 294 g/mol. The van der Waals surface area contributed by atoms with Gasteiger partial charge in [0, 0.05) is 16.8 Å². The van der Waals surface area contributed by atoms with Crippen molar-refractivity contribution in [2.24, 2.45) is 0 Å². The molecular formula is C17H11ClN2O. The number of rotatable bonds is 1. The SMILES string of the molecule is N#C[C@H]1c2ccccc2C=CN1C(=O)c1ccc(Cl)cc1. The van der Waals surface area contributed by atoms with E-state index < -0.39 is 6.04 Å². The Morgan fingerprint density at radius 3 is 2.57 bits per heavy atom. The second kappa shape index (κ2) is 5.43. The van der Waals surface area contributed by atoms with Gasteiger partial charge in [-0.3, -0.25) is 9.69 Å². The van der Waals surface area contributed by atoms with E-state index in [4.69, 9.17) is 11.6 Å². The summed E-state index contributed by atoms with van der Waals surface area (Å²) in [6.07, 6.45) is 3.50. The number of nitriles is 1. The fraction of sp³-hybridized carbons (Fsp3) is 0.0588. The molecule has 3 rings (SSSR count). The van der Waals surface area contributed by atoms with E-state index in [2.05, 4.69) is 6.07 Å². The first-order chi connectivity index (χ1) is 10.2. The highest BCUT2D eigenvalue weighted by Gasteiger charge is 2.28. The van der Waals surface area contributed by atoms with Crippen LogP contribution in [0.1, 0.15) is 27.5 Å². The maximum atomic E-state index is 12.6. The minimum Gasteiger partial charge on any atom is -0.294 e. The zero-order valence-electron chi connectivity index (χ0n) is 11.0. The summed E-state index contributed by atoms with van der Waals surface area (Å²) in [7, 11) is 0. The minimum absolute atomic E-state index is 0.219. The molecule has 2 aromatic carbocycles. The van der Waals surface area contributed by atoms with Crippen LogP contribution in [0.5, 0.6) is 0 Å². The molecule has 0 radical (unpaired) electrons. The van der Waals surface area contributed by atoms with Gasteiger partial charge in [-0.05, 0) is 41.5 Å². The van der Waals surface area contributed by atoms with E-state index in [0.717, 1.165) is 11.1 Å². The maximum absolute atomic E-state index is 12.6. The average molecular weight is 295 g/mol. The summed E-state index contributed by atoms with van der Waals surface area (Å²) in [6, 6.07) is 15.8. The highest BCUT2D eigenvalue weighted by atomic mass is 35.5. The van der Waals surface area contributed by atoms with Crippen LogP contribution in [0.4, 0.5) is 0 Å². The molecule has 0 N–H and O–H groups in total. The molecule has 4 heteroatoms. The standard InChI is InChI=1S/C17H11ClN2O/c18-14-7-5-13(6-8-14)17(21)20-10-9-12-3-1-2-4-15(12)16(20)11-19/h1-10,16H/t16-/m0/s1. The molecule has 102 valence electrons. The van der Waals surface area contributed by atoms with Crippen LogP contribution < -0.4 is 0 Å². The van der Waals surface area contributed by atoms with Gasteiger partial charge >= 0.3 is 0 Å². The molecule has 0 fully saturated rings. The van der Waals surface area contributed by atoms with Gasteiger partial charge in [-0.15, -0.1) is 0 Å². The van der Waals surface area contributed by atoms with Gasteiger partial charge < -0.3 is 0 Å². The summed E-state index contributed by atoms with van der Waals surface area (Å²) in [5.41, 5.74) is 2.30. The van der Waals surface area contributed by atoms with Gasteiger partial charge in [-0.2, -0.15) is 5.26 Å². The highest BCUT2D eigenvalue weighted by molar-refractivity contribution is 6.30. The van der Waals surface area contributed by atoms with Crippen LogP contribution in [0.2, 0.25) is 5.02 Å². The van der Waals surface area contributed by atoms with Crippen LogP contribution in [0.15, 0.2) is 54.7 Å². The summed E-state index contributed by atoms with van der Waals surface area (Å²) in [5.74, 6) is -0.219. The zero-order chi connectivity index (χ0) is 14.8. The molecule has 0 spiro atoms. The number of halogens is 1. The van der Waals surface area contributed by atoms with E-state index in [1.54, 1.807) is 30.5 Å². The van der Waals surface area contributed by atoms with Crippen LogP contribution in [0.25, 0.3) is 6.08 Å². The van der Waals surface area contributed by atoms with Crippen LogP contribution in [-0.4, -0.2) is 10.8 Å². The Kier molecular flexibility index (Phi) is 3.47. The van der Waals surface area contributed by atoms with E-state index in [-0.39, 0.29) is 5.91 Å². The predicted molar refractivity (Wildman–Crippen MR) is 81.5 cm³/mol. The molecule has 1 amide bonds. The molecule has 3 nitrogen and oxygen atoms in total. The number of hydrogen-bond donors (Lipinski definition) is 0. The third kappa shape index (κ3) is 2.42. The number of carbonyl (C=O) groups is 1. The molecule has 2 aromatic rings. The normalized spacial score (nSPS) is 16.2. The maximum Gasteiger partial charge on any atom is 0.259 e. The molecule has 1 heterocycles. The van der Waals surface area contributed by atoms with Crippen molar-refractivity contribution in [1.29, 1.82) is 5.26 Å². The Morgan fingerprint density at radius 2 is 1.86 bits per heavy atom. The predicted octanol–water partition coefficient (Wildman–Crippen LogP) is 4.03. The molecule has 0 saturated heterocycles. The lowest BCUT2D eigenvalue weighted by molar-refractivity contribution is 0.0794. The number of fused-ring (bicyclic) bond motifs is 1. The number of nitrogens with zero attached hydrogens (tertiary/aromatic N) is 2. The number of hydrogen-bond acceptors (Lipinski definition) is 2. The van der Waals surface area contributed by atoms with Crippen LogP contribution >= 0.6 is 11.6 Å². The van der Waals surface area contributed by atoms with Crippen LogP contribution in [0, 0.1) is 11.3 Å². The van der Waals surface area contributed by atoms with E-state index in [1.807, 2.05) is 30.3 Å². The Hall–Kier alpha value is -2.57. The Labute approximate surface area is 127 Å². The van der Waals surface area contributed by atoms with E-state index in [0.29, 0.717) is 10.6 Å².